The zero-order valence-electron chi connectivity index (χ0n) is 11.8. The summed E-state index contributed by atoms with van der Waals surface area (Å²) in [7, 11) is 0. The van der Waals surface area contributed by atoms with Crippen molar-refractivity contribution in [1.29, 1.82) is 0 Å². The first-order valence-electron chi connectivity index (χ1n) is 6.84. The van der Waals surface area contributed by atoms with Crippen molar-refractivity contribution < 1.29 is 19.1 Å². The second-order valence-corrected chi connectivity index (χ2v) is 6.07. The molecule has 5 nitrogen and oxygen atoms in total. The van der Waals surface area contributed by atoms with Crippen LogP contribution in [0.2, 0.25) is 0 Å². The van der Waals surface area contributed by atoms with E-state index in [-0.39, 0.29) is 5.88 Å². The predicted molar refractivity (Wildman–Crippen MR) is 80.2 cm³/mol. The van der Waals surface area contributed by atoms with Crippen LogP contribution in [0.5, 0.6) is 17.4 Å². The number of nitrogens with zero attached hydrogens (tertiary/aromatic N) is 1. The highest BCUT2D eigenvalue weighted by atomic mass is 32.2. The summed E-state index contributed by atoms with van der Waals surface area (Å²) >= 11 is 1.84. The van der Waals surface area contributed by atoms with Gasteiger partial charge in [-0.25, -0.2) is 0 Å². The highest BCUT2D eigenvalue weighted by Gasteiger charge is 2.13. The van der Waals surface area contributed by atoms with Gasteiger partial charge < -0.3 is 19.1 Å². The van der Waals surface area contributed by atoms with Crippen molar-refractivity contribution in [1.82, 2.24) is 5.16 Å². The van der Waals surface area contributed by atoms with Gasteiger partial charge in [0.2, 0.25) is 6.79 Å². The second-order valence-electron chi connectivity index (χ2n) is 4.84. The molecule has 0 radical (unpaired) electrons. The molecule has 0 bridgehead atoms. The molecule has 21 heavy (non-hydrogen) atoms. The van der Waals surface area contributed by atoms with Crippen LogP contribution in [-0.2, 0) is 12.8 Å². The molecule has 2 heterocycles. The fraction of sp³-hybridized carbons (Fsp3) is 0.400. The molecule has 112 valence electrons. The first-order valence-corrected chi connectivity index (χ1v) is 8.00. The van der Waals surface area contributed by atoms with E-state index in [0.717, 1.165) is 41.4 Å². The van der Waals surface area contributed by atoms with Gasteiger partial charge in [0.15, 0.2) is 11.5 Å². The van der Waals surface area contributed by atoms with Crippen molar-refractivity contribution >= 4 is 11.8 Å². The zero-order chi connectivity index (χ0) is 14.7. The summed E-state index contributed by atoms with van der Waals surface area (Å²) in [6.45, 7) is 2.13. The molecule has 1 aromatic heterocycles. The highest BCUT2D eigenvalue weighted by Crippen LogP contribution is 2.32. The number of benzene rings is 1. The third-order valence-corrected chi connectivity index (χ3v) is 4.42. The van der Waals surface area contributed by atoms with Crippen LogP contribution >= 0.6 is 11.8 Å². The molecule has 0 spiro atoms. The molecule has 0 saturated heterocycles. The molecular formula is C15H17NO4S. The van der Waals surface area contributed by atoms with Gasteiger partial charge in [-0.1, -0.05) is 6.07 Å². The molecule has 6 heteroatoms. The van der Waals surface area contributed by atoms with Gasteiger partial charge in [-0.2, -0.15) is 11.8 Å². The van der Waals surface area contributed by atoms with Crippen molar-refractivity contribution in [3.63, 3.8) is 0 Å². The Morgan fingerprint density at radius 2 is 2.00 bits per heavy atom. The average molecular weight is 307 g/mol. The monoisotopic (exact) mass is 307 g/mol. The van der Waals surface area contributed by atoms with E-state index < -0.39 is 0 Å². The Bertz CT molecular complexity index is 607. The summed E-state index contributed by atoms with van der Waals surface area (Å²) in [5, 5.41) is 13.1. The minimum Gasteiger partial charge on any atom is -0.491 e. The number of ether oxygens (including phenoxy) is 2. The number of aromatic hydroxyl groups is 1. The summed E-state index contributed by atoms with van der Waals surface area (Å²) in [4.78, 5) is 0. The molecule has 0 aliphatic carbocycles. The van der Waals surface area contributed by atoms with Crippen molar-refractivity contribution in [2.75, 3.05) is 18.3 Å². The van der Waals surface area contributed by atoms with Gasteiger partial charge in [0, 0.05) is 0 Å². The zero-order valence-corrected chi connectivity index (χ0v) is 12.6. The third-order valence-electron chi connectivity index (χ3n) is 3.43. The number of fused-ring (bicyclic) bond motifs is 1. The number of hydrogen-bond acceptors (Lipinski definition) is 6. The number of hydrogen-bond donors (Lipinski definition) is 1. The first kappa shape index (κ1) is 14.1. The van der Waals surface area contributed by atoms with Crippen LogP contribution in [0.3, 0.4) is 0 Å². The Labute approximate surface area is 127 Å². The summed E-state index contributed by atoms with van der Waals surface area (Å²) in [5.74, 6) is 4.32. The van der Waals surface area contributed by atoms with Gasteiger partial charge >= 0.3 is 0 Å². The van der Waals surface area contributed by atoms with Gasteiger partial charge in [0.05, 0.1) is 5.56 Å². The van der Waals surface area contributed by atoms with E-state index in [0.29, 0.717) is 12.6 Å². The quantitative estimate of drug-likeness (QED) is 0.828. The Balaban J connectivity index is 1.42. The molecule has 2 aromatic rings. The Morgan fingerprint density at radius 3 is 2.81 bits per heavy atom. The van der Waals surface area contributed by atoms with Gasteiger partial charge in [-0.3, -0.25) is 0 Å². The highest BCUT2D eigenvalue weighted by molar-refractivity contribution is 7.99. The van der Waals surface area contributed by atoms with Crippen LogP contribution in [0.25, 0.3) is 0 Å². The van der Waals surface area contributed by atoms with Crippen molar-refractivity contribution in [2.24, 2.45) is 0 Å². The minimum absolute atomic E-state index is 0.0175. The van der Waals surface area contributed by atoms with Gasteiger partial charge in [0.25, 0.3) is 5.88 Å². The lowest BCUT2D eigenvalue weighted by atomic mass is 10.1. The van der Waals surface area contributed by atoms with E-state index in [9.17, 15) is 5.11 Å². The van der Waals surface area contributed by atoms with Crippen molar-refractivity contribution in [3.05, 3.63) is 35.1 Å². The summed E-state index contributed by atoms with van der Waals surface area (Å²) < 4.78 is 15.6. The lowest BCUT2D eigenvalue weighted by Gasteiger charge is -2.03. The van der Waals surface area contributed by atoms with E-state index in [1.54, 1.807) is 0 Å². The average Bonchev–Trinajstić information content (AvgIpc) is 3.07. The fourth-order valence-corrected chi connectivity index (χ4v) is 3.16. The van der Waals surface area contributed by atoms with E-state index in [2.05, 4.69) is 11.2 Å². The molecule has 1 aliphatic rings. The molecule has 1 N–H and O–H groups in total. The van der Waals surface area contributed by atoms with E-state index in [4.69, 9.17) is 14.0 Å². The fourth-order valence-electron chi connectivity index (χ4n) is 2.23. The van der Waals surface area contributed by atoms with Crippen LogP contribution in [0, 0.1) is 6.92 Å². The van der Waals surface area contributed by atoms with Crippen LogP contribution < -0.4 is 9.47 Å². The molecule has 0 amide bonds. The second kappa shape index (κ2) is 6.30. The predicted octanol–water partition coefficient (Wildman–Crippen LogP) is 2.94. The topological polar surface area (TPSA) is 64.7 Å². The maximum Gasteiger partial charge on any atom is 0.255 e. The molecule has 0 saturated carbocycles. The standard InChI is InChI=1S/C15H17NO4S/c1-10-12(15(17)16-20-10)5-7-21-6-4-11-2-3-13-14(8-11)19-9-18-13/h2-3,8H,4-7,9H2,1H3,(H,16,17). The number of rotatable bonds is 6. The Kier molecular flexibility index (Phi) is 4.24. The molecule has 0 atom stereocenters. The first-order chi connectivity index (χ1) is 10.2. The SMILES string of the molecule is Cc1onc(O)c1CCSCCc1ccc2c(c1)OCO2. The summed E-state index contributed by atoms with van der Waals surface area (Å²) in [5.41, 5.74) is 2.06. The van der Waals surface area contributed by atoms with Crippen molar-refractivity contribution in [3.8, 4) is 17.4 Å². The Morgan fingerprint density at radius 1 is 1.19 bits per heavy atom. The number of aromatic nitrogens is 1. The summed E-state index contributed by atoms with van der Waals surface area (Å²) in [6, 6.07) is 6.07. The molecule has 0 fully saturated rings. The molecule has 1 aliphatic heterocycles. The Hall–Kier alpha value is -1.82. The molecule has 3 rings (SSSR count). The number of thioether (sulfide) groups is 1. The number of aryl methyl sites for hydroxylation is 2. The van der Waals surface area contributed by atoms with E-state index in [1.807, 2.05) is 30.8 Å². The van der Waals surface area contributed by atoms with E-state index >= 15 is 0 Å². The smallest absolute Gasteiger partial charge is 0.255 e. The van der Waals surface area contributed by atoms with Crippen LogP contribution in [0.4, 0.5) is 0 Å². The molecular weight excluding hydrogens is 290 g/mol. The lowest BCUT2D eigenvalue weighted by molar-refractivity contribution is 0.174. The van der Waals surface area contributed by atoms with Crippen LogP contribution in [0.15, 0.2) is 22.7 Å². The third kappa shape index (κ3) is 3.26. The van der Waals surface area contributed by atoms with E-state index in [1.165, 1.54) is 5.56 Å². The van der Waals surface area contributed by atoms with Gasteiger partial charge in [-0.15, -0.1) is 0 Å². The minimum atomic E-state index is 0.0175. The molecule has 1 aromatic carbocycles. The normalized spacial score (nSPS) is 12.8. The lowest BCUT2D eigenvalue weighted by Crippen LogP contribution is -1.94. The van der Waals surface area contributed by atoms with Gasteiger partial charge in [0.1, 0.15) is 5.76 Å². The van der Waals surface area contributed by atoms with Crippen LogP contribution in [-0.4, -0.2) is 28.6 Å². The van der Waals surface area contributed by atoms with Crippen molar-refractivity contribution in [2.45, 2.75) is 19.8 Å². The maximum atomic E-state index is 9.52. The molecule has 0 unspecified atom stereocenters. The largest absolute Gasteiger partial charge is 0.491 e. The maximum absolute atomic E-state index is 9.52. The summed E-state index contributed by atoms with van der Waals surface area (Å²) in [6.07, 6.45) is 1.75. The van der Waals surface area contributed by atoms with Gasteiger partial charge in [-0.05, 0) is 54.1 Å². The van der Waals surface area contributed by atoms with Crippen LogP contribution in [0.1, 0.15) is 16.9 Å².